The van der Waals surface area contributed by atoms with Gasteiger partial charge in [0.05, 0.1) is 12.2 Å². The highest BCUT2D eigenvalue weighted by Crippen LogP contribution is 2.32. The van der Waals surface area contributed by atoms with E-state index in [4.69, 9.17) is 5.21 Å². The van der Waals surface area contributed by atoms with Crippen LogP contribution in [0.1, 0.15) is 11.1 Å². The van der Waals surface area contributed by atoms with E-state index in [-0.39, 0.29) is 12.3 Å². The largest absolute Gasteiger partial charge is 0.343 e. The monoisotopic (exact) mass is 309 g/mol. The second-order valence-corrected chi connectivity index (χ2v) is 5.68. The molecule has 0 atom stereocenters. The number of hydrogen-bond acceptors (Lipinski definition) is 4. The summed E-state index contributed by atoms with van der Waals surface area (Å²) in [4.78, 5) is 15.9. The second kappa shape index (κ2) is 6.32. The quantitative estimate of drug-likeness (QED) is 0.711. The van der Waals surface area contributed by atoms with Crippen molar-refractivity contribution in [3.63, 3.8) is 0 Å². The summed E-state index contributed by atoms with van der Waals surface area (Å²) in [6.45, 7) is 2.05. The number of carbonyl (C=O) groups excluding carboxylic acids is 1. The SMILES string of the molecule is Cc1c(-c2cccnc2)n(C)c2ccc(CC(=O)CNO)cc12. The molecular weight excluding hydrogens is 290 g/mol. The van der Waals surface area contributed by atoms with Crippen molar-refractivity contribution in [1.29, 1.82) is 0 Å². The van der Waals surface area contributed by atoms with Crippen LogP contribution in [0.25, 0.3) is 22.2 Å². The minimum absolute atomic E-state index is 0.0350. The van der Waals surface area contributed by atoms with Crippen molar-refractivity contribution in [3.05, 3.63) is 53.9 Å². The van der Waals surface area contributed by atoms with Crippen molar-refractivity contribution in [1.82, 2.24) is 15.0 Å². The molecule has 2 heterocycles. The Kier molecular flexibility index (Phi) is 4.23. The Morgan fingerprint density at radius 3 is 2.87 bits per heavy atom. The third kappa shape index (κ3) is 2.88. The van der Waals surface area contributed by atoms with Gasteiger partial charge in [-0.1, -0.05) is 6.07 Å². The first-order chi connectivity index (χ1) is 11.1. The van der Waals surface area contributed by atoms with E-state index in [1.807, 2.05) is 43.0 Å². The number of rotatable bonds is 5. The van der Waals surface area contributed by atoms with Crippen LogP contribution in [0.4, 0.5) is 0 Å². The number of pyridine rings is 1. The smallest absolute Gasteiger partial charge is 0.153 e. The van der Waals surface area contributed by atoms with Gasteiger partial charge in [-0.05, 0) is 42.3 Å². The molecule has 0 amide bonds. The van der Waals surface area contributed by atoms with Gasteiger partial charge in [0.2, 0.25) is 0 Å². The average molecular weight is 309 g/mol. The number of nitrogens with one attached hydrogen (secondary N) is 1. The lowest BCUT2D eigenvalue weighted by atomic mass is 10.0. The molecule has 0 aliphatic carbocycles. The summed E-state index contributed by atoms with van der Waals surface area (Å²) >= 11 is 0. The molecule has 2 N–H and O–H groups in total. The van der Waals surface area contributed by atoms with Crippen LogP contribution in [-0.4, -0.2) is 27.1 Å². The lowest BCUT2D eigenvalue weighted by Gasteiger charge is -2.05. The van der Waals surface area contributed by atoms with E-state index in [9.17, 15) is 4.79 Å². The molecule has 0 saturated carbocycles. The Morgan fingerprint density at radius 2 is 2.17 bits per heavy atom. The summed E-state index contributed by atoms with van der Waals surface area (Å²) in [6.07, 6.45) is 3.93. The van der Waals surface area contributed by atoms with Gasteiger partial charge in [-0.15, -0.1) is 0 Å². The van der Waals surface area contributed by atoms with Crippen molar-refractivity contribution >= 4 is 16.7 Å². The van der Waals surface area contributed by atoms with Gasteiger partial charge in [-0.2, -0.15) is 5.48 Å². The zero-order chi connectivity index (χ0) is 16.4. The molecule has 3 rings (SSSR count). The number of nitrogens with zero attached hydrogens (tertiary/aromatic N) is 2. The van der Waals surface area contributed by atoms with Gasteiger partial charge >= 0.3 is 0 Å². The standard InChI is InChI=1S/C18H19N3O2/c1-12-16-9-13(8-15(22)11-20-23)5-6-17(16)21(2)18(12)14-4-3-7-19-10-14/h3-7,9-10,20,23H,8,11H2,1-2H3. The molecule has 5 nitrogen and oxygen atoms in total. The van der Waals surface area contributed by atoms with Crippen molar-refractivity contribution in [2.45, 2.75) is 13.3 Å². The number of fused-ring (bicyclic) bond motifs is 1. The van der Waals surface area contributed by atoms with Gasteiger partial charge in [-0.3, -0.25) is 9.78 Å². The Balaban J connectivity index is 2.07. The number of aryl methyl sites for hydroxylation is 2. The number of benzene rings is 1. The van der Waals surface area contributed by atoms with Gasteiger partial charge in [0.15, 0.2) is 5.78 Å². The maximum atomic E-state index is 11.7. The van der Waals surface area contributed by atoms with Gasteiger partial charge in [0.25, 0.3) is 0 Å². The fourth-order valence-corrected chi connectivity index (χ4v) is 3.08. The van der Waals surface area contributed by atoms with Gasteiger partial charge < -0.3 is 9.77 Å². The molecule has 3 aromatic rings. The Hall–Kier alpha value is -2.50. The maximum absolute atomic E-state index is 11.7. The summed E-state index contributed by atoms with van der Waals surface area (Å²) in [5, 5.41) is 9.75. The van der Waals surface area contributed by atoms with Crippen LogP contribution in [0.15, 0.2) is 42.7 Å². The molecule has 2 aromatic heterocycles. The Bertz CT molecular complexity index is 854. The Morgan fingerprint density at radius 1 is 1.35 bits per heavy atom. The summed E-state index contributed by atoms with van der Waals surface area (Å²) in [5.41, 5.74) is 7.36. The van der Waals surface area contributed by atoms with Crippen molar-refractivity contribution in [2.75, 3.05) is 6.54 Å². The molecule has 0 radical (unpaired) electrons. The normalized spacial score (nSPS) is 11.1. The molecule has 23 heavy (non-hydrogen) atoms. The third-order valence-corrected chi connectivity index (χ3v) is 4.13. The fourth-order valence-electron chi connectivity index (χ4n) is 3.08. The highest BCUT2D eigenvalue weighted by molar-refractivity contribution is 5.93. The van der Waals surface area contributed by atoms with Crippen LogP contribution >= 0.6 is 0 Å². The molecule has 0 spiro atoms. The minimum Gasteiger partial charge on any atom is -0.343 e. The minimum atomic E-state index is -0.0482. The van der Waals surface area contributed by atoms with Crippen LogP contribution in [0.5, 0.6) is 0 Å². The zero-order valence-electron chi connectivity index (χ0n) is 13.2. The molecule has 0 bridgehead atoms. The molecular formula is C18H19N3O2. The molecule has 1 aromatic carbocycles. The first-order valence-corrected chi connectivity index (χ1v) is 7.48. The lowest BCUT2D eigenvalue weighted by molar-refractivity contribution is -0.119. The van der Waals surface area contributed by atoms with E-state index < -0.39 is 0 Å². The molecule has 0 saturated heterocycles. The maximum Gasteiger partial charge on any atom is 0.153 e. The van der Waals surface area contributed by atoms with Crippen LogP contribution in [0.3, 0.4) is 0 Å². The van der Waals surface area contributed by atoms with Crippen LogP contribution < -0.4 is 5.48 Å². The topological polar surface area (TPSA) is 67.2 Å². The van der Waals surface area contributed by atoms with E-state index in [0.29, 0.717) is 6.42 Å². The fraction of sp³-hybridized carbons (Fsp3) is 0.222. The Labute approximate surface area is 134 Å². The number of Topliss-reactive ketones (excluding diaryl/α,β-unsaturated/α-hetero) is 1. The predicted octanol–water partition coefficient (Wildman–Crippen LogP) is 2.64. The number of carbonyl (C=O) groups is 1. The molecule has 118 valence electrons. The zero-order valence-corrected chi connectivity index (χ0v) is 13.2. The number of hydrogen-bond donors (Lipinski definition) is 2. The van der Waals surface area contributed by atoms with Crippen molar-refractivity contribution in [3.8, 4) is 11.3 Å². The van der Waals surface area contributed by atoms with Crippen LogP contribution in [-0.2, 0) is 18.3 Å². The molecule has 5 heteroatoms. The third-order valence-electron chi connectivity index (χ3n) is 4.13. The van der Waals surface area contributed by atoms with E-state index in [1.54, 1.807) is 6.20 Å². The first kappa shape index (κ1) is 15.4. The number of hydroxylamine groups is 1. The van der Waals surface area contributed by atoms with E-state index in [0.717, 1.165) is 27.7 Å². The van der Waals surface area contributed by atoms with E-state index in [2.05, 4.69) is 22.5 Å². The van der Waals surface area contributed by atoms with Gasteiger partial charge in [0, 0.05) is 42.3 Å². The van der Waals surface area contributed by atoms with Gasteiger partial charge in [-0.25, -0.2) is 0 Å². The van der Waals surface area contributed by atoms with Gasteiger partial charge in [0.1, 0.15) is 0 Å². The van der Waals surface area contributed by atoms with Crippen molar-refractivity contribution in [2.24, 2.45) is 7.05 Å². The van der Waals surface area contributed by atoms with E-state index >= 15 is 0 Å². The average Bonchev–Trinajstić information content (AvgIpc) is 2.79. The van der Waals surface area contributed by atoms with Crippen LogP contribution in [0.2, 0.25) is 0 Å². The number of aromatic nitrogens is 2. The summed E-state index contributed by atoms with van der Waals surface area (Å²) in [7, 11) is 2.04. The summed E-state index contributed by atoms with van der Waals surface area (Å²) < 4.78 is 2.16. The lowest BCUT2D eigenvalue weighted by Crippen LogP contribution is -2.20. The van der Waals surface area contributed by atoms with Crippen molar-refractivity contribution < 1.29 is 10.0 Å². The van der Waals surface area contributed by atoms with E-state index in [1.165, 1.54) is 5.56 Å². The molecule has 0 unspecified atom stereocenters. The molecule has 0 aliphatic rings. The molecule has 0 fully saturated rings. The molecule has 0 aliphatic heterocycles. The summed E-state index contributed by atoms with van der Waals surface area (Å²) in [5.74, 6) is -0.0482. The number of ketones is 1. The highest BCUT2D eigenvalue weighted by Gasteiger charge is 2.14. The predicted molar refractivity (Wildman–Crippen MR) is 89.4 cm³/mol. The highest BCUT2D eigenvalue weighted by atomic mass is 16.5. The van der Waals surface area contributed by atoms with Crippen LogP contribution in [0, 0.1) is 6.92 Å². The first-order valence-electron chi connectivity index (χ1n) is 7.48. The second-order valence-electron chi connectivity index (χ2n) is 5.68. The summed E-state index contributed by atoms with van der Waals surface area (Å²) in [6, 6.07) is 10.0.